The van der Waals surface area contributed by atoms with Crippen molar-refractivity contribution in [1.82, 2.24) is 10.2 Å². The Balaban J connectivity index is 1.95. The molecule has 10 heteroatoms. The number of hydrogen-bond donors (Lipinski definition) is 2. The predicted molar refractivity (Wildman–Crippen MR) is 136 cm³/mol. The lowest BCUT2D eigenvalue weighted by Crippen LogP contribution is -2.59. The molecule has 4 rings (SSSR count). The Morgan fingerprint density at radius 2 is 1.76 bits per heavy atom. The zero-order valence-corrected chi connectivity index (χ0v) is 22.0. The van der Waals surface area contributed by atoms with Crippen molar-refractivity contribution in [3.63, 3.8) is 0 Å². The van der Waals surface area contributed by atoms with Gasteiger partial charge in [0.25, 0.3) is 0 Å². The van der Waals surface area contributed by atoms with Crippen LogP contribution < -0.4 is 14.8 Å². The maximum Gasteiger partial charge on any atom is 0.341 e. The quantitative estimate of drug-likeness (QED) is 0.375. The van der Waals surface area contributed by atoms with Gasteiger partial charge in [0.1, 0.15) is 22.6 Å². The molecule has 2 heterocycles. The first-order valence-electron chi connectivity index (χ1n) is 12.4. The Morgan fingerprint density at radius 3 is 2.32 bits per heavy atom. The molecule has 5 atom stereocenters. The summed E-state index contributed by atoms with van der Waals surface area (Å²) in [5.41, 5.74) is -0.732. The minimum Gasteiger partial charge on any atom is -0.497 e. The Bertz CT molecular complexity index is 1260. The third kappa shape index (κ3) is 4.09. The van der Waals surface area contributed by atoms with E-state index in [1.54, 1.807) is 37.3 Å². The number of amides is 2. The van der Waals surface area contributed by atoms with Crippen LogP contribution in [-0.4, -0.2) is 60.6 Å². The van der Waals surface area contributed by atoms with Crippen LogP contribution in [0.2, 0.25) is 0 Å². The molecule has 0 spiro atoms. The van der Waals surface area contributed by atoms with E-state index < -0.39 is 53.1 Å². The van der Waals surface area contributed by atoms with E-state index in [4.69, 9.17) is 14.2 Å². The van der Waals surface area contributed by atoms with Gasteiger partial charge in [-0.25, -0.2) is 4.79 Å². The first-order chi connectivity index (χ1) is 18.2. The van der Waals surface area contributed by atoms with E-state index in [-0.39, 0.29) is 23.4 Å². The second-order valence-corrected chi connectivity index (χ2v) is 9.64. The number of carboxylic acids is 1. The summed E-state index contributed by atoms with van der Waals surface area (Å²) in [5, 5.41) is 13.8. The number of methoxy groups -OCH3 is 3. The van der Waals surface area contributed by atoms with Gasteiger partial charge in [-0.3, -0.25) is 24.6 Å². The van der Waals surface area contributed by atoms with Crippen molar-refractivity contribution in [2.45, 2.75) is 38.4 Å². The lowest BCUT2D eigenvalue weighted by atomic mass is 9.71. The molecule has 2 aromatic rings. The smallest absolute Gasteiger partial charge is 0.341 e. The monoisotopic (exact) mass is 524 g/mol. The fourth-order valence-electron chi connectivity index (χ4n) is 5.83. The molecular weight excluding hydrogens is 492 g/mol. The molecule has 2 aliphatic heterocycles. The molecule has 2 aliphatic rings. The number of carbonyl (C=O) groups excluding carboxylic acids is 3. The van der Waals surface area contributed by atoms with Crippen LogP contribution in [0.4, 0.5) is 0 Å². The van der Waals surface area contributed by atoms with E-state index in [2.05, 4.69) is 5.32 Å². The second kappa shape index (κ2) is 10.4. The number of benzene rings is 2. The summed E-state index contributed by atoms with van der Waals surface area (Å²) >= 11 is 0. The van der Waals surface area contributed by atoms with Crippen molar-refractivity contribution in [1.29, 1.82) is 0 Å². The summed E-state index contributed by atoms with van der Waals surface area (Å²) in [6, 6.07) is 11.1. The van der Waals surface area contributed by atoms with Crippen molar-refractivity contribution < 1.29 is 38.5 Å². The van der Waals surface area contributed by atoms with Crippen LogP contribution >= 0.6 is 0 Å². The van der Waals surface area contributed by atoms with Crippen molar-refractivity contribution in [3.05, 3.63) is 59.2 Å². The van der Waals surface area contributed by atoms with Crippen LogP contribution in [0.25, 0.3) is 0 Å². The van der Waals surface area contributed by atoms with Crippen molar-refractivity contribution >= 4 is 23.8 Å². The van der Waals surface area contributed by atoms with Gasteiger partial charge in [0.2, 0.25) is 11.8 Å². The highest BCUT2D eigenvalue weighted by Crippen LogP contribution is 2.53. The van der Waals surface area contributed by atoms with Gasteiger partial charge >= 0.3 is 11.9 Å². The van der Waals surface area contributed by atoms with Gasteiger partial charge in [-0.05, 0) is 23.1 Å². The zero-order valence-electron chi connectivity index (χ0n) is 22.0. The highest BCUT2D eigenvalue weighted by atomic mass is 16.5. The second-order valence-electron chi connectivity index (χ2n) is 9.64. The van der Waals surface area contributed by atoms with Crippen LogP contribution in [0.1, 0.15) is 47.8 Å². The summed E-state index contributed by atoms with van der Waals surface area (Å²) in [7, 11) is 4.03. The van der Waals surface area contributed by atoms with Crippen LogP contribution in [0, 0.1) is 17.8 Å². The van der Waals surface area contributed by atoms with Crippen molar-refractivity contribution in [2.24, 2.45) is 17.8 Å². The van der Waals surface area contributed by atoms with Gasteiger partial charge in [-0.1, -0.05) is 50.6 Å². The topological polar surface area (TPSA) is 131 Å². The number of imide groups is 1. The number of nitrogens with zero attached hydrogens (tertiary/aromatic N) is 1. The fourth-order valence-corrected chi connectivity index (χ4v) is 5.83. The Labute approximate surface area is 220 Å². The predicted octanol–water partition coefficient (Wildman–Crippen LogP) is 2.81. The van der Waals surface area contributed by atoms with E-state index >= 15 is 0 Å². The van der Waals surface area contributed by atoms with Gasteiger partial charge in [0.05, 0.1) is 39.7 Å². The normalized spacial score (nSPS) is 25.2. The van der Waals surface area contributed by atoms with E-state index in [1.807, 2.05) is 13.0 Å². The third-order valence-electron chi connectivity index (χ3n) is 7.90. The molecule has 0 aromatic heterocycles. The summed E-state index contributed by atoms with van der Waals surface area (Å²) in [6.45, 7) is 3.59. The third-order valence-corrected chi connectivity index (χ3v) is 7.90. The number of likely N-dealkylation sites (tertiary alicyclic amines) is 1. The minimum atomic E-state index is -1.76. The van der Waals surface area contributed by atoms with E-state index in [9.17, 15) is 24.3 Å². The SMILES string of the molecule is CCC(C)C1(C(=O)O)NC(c2cc(OC)cc(OC)c2C(=O)OC)C2C(=O)N(Cc3ccccc3)C(=O)C21. The molecule has 0 saturated carbocycles. The Morgan fingerprint density at radius 1 is 1.08 bits per heavy atom. The first-order valence-corrected chi connectivity index (χ1v) is 12.4. The molecule has 2 aromatic carbocycles. The highest BCUT2D eigenvalue weighted by Gasteiger charge is 2.70. The van der Waals surface area contributed by atoms with Gasteiger partial charge < -0.3 is 19.3 Å². The minimum absolute atomic E-state index is 0.0136. The molecule has 0 bridgehead atoms. The summed E-state index contributed by atoms with van der Waals surface area (Å²) in [5.74, 6) is -5.37. The summed E-state index contributed by atoms with van der Waals surface area (Å²) < 4.78 is 15.9. The number of rotatable bonds is 9. The lowest BCUT2D eigenvalue weighted by molar-refractivity contribution is -0.154. The number of fused-ring (bicyclic) bond motifs is 1. The molecule has 5 unspecified atom stereocenters. The molecule has 2 amide bonds. The number of nitrogens with one attached hydrogen (secondary N) is 1. The van der Waals surface area contributed by atoms with E-state index in [1.165, 1.54) is 27.4 Å². The van der Waals surface area contributed by atoms with Crippen LogP contribution in [-0.2, 0) is 25.7 Å². The number of esters is 1. The summed E-state index contributed by atoms with van der Waals surface area (Å²) in [6.07, 6.45) is 0.431. The van der Waals surface area contributed by atoms with Crippen molar-refractivity contribution in [2.75, 3.05) is 21.3 Å². The molecule has 202 valence electrons. The molecule has 2 fully saturated rings. The van der Waals surface area contributed by atoms with Crippen molar-refractivity contribution in [3.8, 4) is 11.5 Å². The lowest BCUT2D eigenvalue weighted by Gasteiger charge is -2.36. The summed E-state index contributed by atoms with van der Waals surface area (Å²) in [4.78, 5) is 54.9. The molecule has 2 saturated heterocycles. The number of aliphatic carboxylic acids is 1. The fraction of sp³-hybridized carbons (Fsp3) is 0.429. The van der Waals surface area contributed by atoms with Crippen LogP contribution in [0.5, 0.6) is 11.5 Å². The Hall–Kier alpha value is -3.92. The molecule has 10 nitrogen and oxygen atoms in total. The number of hydrogen-bond acceptors (Lipinski definition) is 8. The van der Waals surface area contributed by atoms with E-state index in [0.717, 1.165) is 10.5 Å². The first kappa shape index (κ1) is 27.1. The van der Waals surface area contributed by atoms with E-state index in [0.29, 0.717) is 12.2 Å². The van der Waals surface area contributed by atoms with Crippen LogP contribution in [0.15, 0.2) is 42.5 Å². The number of ether oxygens (including phenoxy) is 3. The molecule has 0 radical (unpaired) electrons. The standard InChI is InChI=1S/C28H32N2O8/c1-6-15(2)28(27(34)35)22-21(24(31)30(25(22)32)14-16-10-8-7-9-11-16)23(29-28)18-12-17(36-3)13-19(37-4)20(18)26(33)38-5/h7-13,15,21-23,29H,6,14H2,1-5H3,(H,34,35). The molecule has 0 aliphatic carbocycles. The maximum absolute atomic E-state index is 14.0. The number of carboxylic acid groups (broad SMARTS) is 1. The van der Waals surface area contributed by atoms with Gasteiger partial charge in [-0.15, -0.1) is 0 Å². The van der Waals surface area contributed by atoms with Gasteiger partial charge in [0.15, 0.2) is 0 Å². The van der Waals surface area contributed by atoms with Gasteiger partial charge in [-0.2, -0.15) is 0 Å². The number of carbonyl (C=O) groups is 4. The van der Waals surface area contributed by atoms with Gasteiger partial charge in [0, 0.05) is 12.1 Å². The molecule has 38 heavy (non-hydrogen) atoms. The zero-order chi connectivity index (χ0) is 27.8. The molecule has 2 N–H and O–H groups in total. The van der Waals surface area contributed by atoms with Crippen LogP contribution in [0.3, 0.4) is 0 Å². The average molecular weight is 525 g/mol. The Kier molecular flexibility index (Phi) is 7.46. The molecular formula is C28H32N2O8. The largest absolute Gasteiger partial charge is 0.497 e. The maximum atomic E-state index is 14.0. The average Bonchev–Trinajstić information content (AvgIpc) is 3.42. The highest BCUT2D eigenvalue weighted by molar-refractivity contribution is 6.10.